The molecule has 5 heteroatoms. The molecule has 0 aliphatic rings. The second kappa shape index (κ2) is 8.41. The lowest BCUT2D eigenvalue weighted by Gasteiger charge is -2.12. The van der Waals surface area contributed by atoms with Gasteiger partial charge in [-0.1, -0.05) is 42.5 Å². The Labute approximate surface area is 135 Å². The van der Waals surface area contributed by atoms with Gasteiger partial charge in [0.2, 0.25) is 0 Å². The van der Waals surface area contributed by atoms with Crippen LogP contribution in [0.3, 0.4) is 0 Å². The predicted octanol–water partition coefficient (Wildman–Crippen LogP) is 3.09. The van der Waals surface area contributed by atoms with Crippen LogP contribution in [0.25, 0.3) is 0 Å². The van der Waals surface area contributed by atoms with Gasteiger partial charge in [0.05, 0.1) is 7.11 Å². The van der Waals surface area contributed by atoms with Crippen molar-refractivity contribution in [2.75, 3.05) is 7.11 Å². The van der Waals surface area contributed by atoms with Crippen molar-refractivity contribution in [2.24, 2.45) is 0 Å². The number of rotatable bonds is 7. The van der Waals surface area contributed by atoms with Crippen LogP contribution in [0.1, 0.15) is 11.1 Å². The first-order valence-corrected chi connectivity index (χ1v) is 7.30. The summed E-state index contributed by atoms with van der Waals surface area (Å²) in [7, 11) is 1.34. The molecule has 22 heavy (non-hydrogen) atoms. The van der Waals surface area contributed by atoms with Gasteiger partial charge < -0.3 is 9.47 Å². The van der Waals surface area contributed by atoms with Gasteiger partial charge in [0.25, 0.3) is 0 Å². The summed E-state index contributed by atoms with van der Waals surface area (Å²) >= 11 is 5.56. The maximum Gasteiger partial charge on any atom is 0.324 e. The number of hydrogen-bond acceptors (Lipinski definition) is 4. The van der Waals surface area contributed by atoms with Crippen molar-refractivity contribution in [3.8, 4) is 5.75 Å². The van der Waals surface area contributed by atoms with Gasteiger partial charge in [0.1, 0.15) is 18.4 Å². The molecular formula is C17H18ClNO3. The van der Waals surface area contributed by atoms with Gasteiger partial charge in [0.15, 0.2) is 0 Å². The third kappa shape index (κ3) is 4.76. The molecule has 0 radical (unpaired) electrons. The van der Waals surface area contributed by atoms with E-state index in [4.69, 9.17) is 16.5 Å². The molecule has 0 aliphatic carbocycles. The van der Waals surface area contributed by atoms with Crippen molar-refractivity contribution < 1.29 is 14.3 Å². The van der Waals surface area contributed by atoms with Gasteiger partial charge in [-0.2, -0.15) is 0 Å². The standard InChI is InChI=1S/C17H18ClNO3/c1-21-17(20)16(19-18)11-13-7-9-15(10-8-13)22-12-14-5-3-2-4-6-14/h2-10,16,19H,11-12H2,1H3/t16-/m1/s1. The first-order chi connectivity index (χ1) is 10.7. The van der Waals surface area contributed by atoms with Crippen LogP contribution < -0.4 is 9.57 Å². The number of methoxy groups -OCH3 is 1. The molecule has 0 saturated carbocycles. The van der Waals surface area contributed by atoms with Crippen LogP contribution in [0.2, 0.25) is 0 Å². The van der Waals surface area contributed by atoms with E-state index in [2.05, 4.69) is 9.57 Å². The lowest BCUT2D eigenvalue weighted by Crippen LogP contribution is -2.33. The molecular weight excluding hydrogens is 302 g/mol. The third-order valence-electron chi connectivity index (χ3n) is 3.23. The largest absolute Gasteiger partial charge is 0.489 e. The summed E-state index contributed by atoms with van der Waals surface area (Å²) in [5, 5.41) is 0. The quantitative estimate of drug-likeness (QED) is 0.629. The normalized spacial score (nSPS) is 11.7. The Bertz CT molecular complexity index is 587. The molecule has 0 fully saturated rings. The summed E-state index contributed by atoms with van der Waals surface area (Å²) in [6, 6.07) is 17.0. The highest BCUT2D eigenvalue weighted by atomic mass is 35.5. The number of carbonyl (C=O) groups is 1. The molecule has 0 aromatic heterocycles. The first kappa shape index (κ1) is 16.3. The molecule has 2 aromatic carbocycles. The van der Waals surface area contributed by atoms with Gasteiger partial charge in [-0.05, 0) is 41.5 Å². The number of halogens is 1. The second-order valence-corrected chi connectivity index (χ2v) is 5.03. The van der Waals surface area contributed by atoms with Gasteiger partial charge in [-0.25, -0.2) is 4.84 Å². The van der Waals surface area contributed by atoms with Crippen molar-refractivity contribution in [1.29, 1.82) is 0 Å². The number of nitrogens with one attached hydrogen (secondary N) is 1. The molecule has 0 amide bonds. The SMILES string of the molecule is COC(=O)[C@@H](Cc1ccc(OCc2ccccc2)cc1)NCl. The Morgan fingerprint density at radius 2 is 1.77 bits per heavy atom. The predicted molar refractivity (Wildman–Crippen MR) is 85.7 cm³/mol. The van der Waals surface area contributed by atoms with Gasteiger partial charge in [0, 0.05) is 0 Å². The van der Waals surface area contributed by atoms with Crippen LogP contribution in [0, 0.1) is 0 Å². The lowest BCUT2D eigenvalue weighted by atomic mass is 10.1. The molecule has 0 spiro atoms. The highest BCUT2D eigenvalue weighted by molar-refractivity contribution is 6.14. The van der Waals surface area contributed by atoms with E-state index in [1.807, 2.05) is 54.6 Å². The molecule has 0 heterocycles. The van der Waals surface area contributed by atoms with Crippen LogP contribution in [-0.4, -0.2) is 19.1 Å². The summed E-state index contributed by atoms with van der Waals surface area (Å²) in [5.74, 6) is 0.389. The topological polar surface area (TPSA) is 47.6 Å². The maximum absolute atomic E-state index is 11.5. The van der Waals surface area contributed by atoms with Gasteiger partial charge in [-0.3, -0.25) is 4.79 Å². The van der Waals surface area contributed by atoms with Crippen molar-refractivity contribution in [3.05, 3.63) is 65.7 Å². The highest BCUT2D eigenvalue weighted by Gasteiger charge is 2.18. The van der Waals surface area contributed by atoms with Crippen LogP contribution in [0.5, 0.6) is 5.75 Å². The third-order valence-corrected chi connectivity index (χ3v) is 3.49. The molecule has 1 atom stereocenters. The van der Waals surface area contributed by atoms with E-state index >= 15 is 0 Å². The summed E-state index contributed by atoms with van der Waals surface area (Å²) in [5.41, 5.74) is 2.08. The fraction of sp³-hybridized carbons (Fsp3) is 0.235. The Morgan fingerprint density at radius 1 is 1.09 bits per heavy atom. The van der Waals surface area contributed by atoms with Crippen LogP contribution in [0.4, 0.5) is 0 Å². The van der Waals surface area contributed by atoms with Gasteiger partial charge in [-0.15, -0.1) is 0 Å². The lowest BCUT2D eigenvalue weighted by molar-refractivity contribution is -0.142. The zero-order chi connectivity index (χ0) is 15.8. The second-order valence-electron chi connectivity index (χ2n) is 4.81. The number of benzene rings is 2. The summed E-state index contributed by atoms with van der Waals surface area (Å²) < 4.78 is 10.4. The average molecular weight is 320 g/mol. The molecule has 0 aliphatic heterocycles. The minimum atomic E-state index is -0.567. The zero-order valence-corrected chi connectivity index (χ0v) is 13.0. The fourth-order valence-corrected chi connectivity index (χ4v) is 2.17. The van der Waals surface area contributed by atoms with Crippen molar-refractivity contribution in [3.63, 3.8) is 0 Å². The molecule has 2 rings (SSSR count). The first-order valence-electron chi connectivity index (χ1n) is 6.92. The van der Waals surface area contributed by atoms with Crippen molar-refractivity contribution >= 4 is 17.7 Å². The molecule has 0 bridgehead atoms. The number of esters is 1. The Kier molecular flexibility index (Phi) is 6.25. The number of hydrogen-bond donors (Lipinski definition) is 1. The summed E-state index contributed by atoms with van der Waals surface area (Å²) in [6.07, 6.45) is 0.454. The van der Waals surface area contributed by atoms with Crippen molar-refractivity contribution in [1.82, 2.24) is 4.84 Å². The maximum atomic E-state index is 11.5. The Balaban J connectivity index is 1.91. The van der Waals surface area contributed by atoms with E-state index in [0.717, 1.165) is 16.9 Å². The van der Waals surface area contributed by atoms with E-state index in [1.165, 1.54) is 7.11 Å². The molecule has 0 saturated heterocycles. The van der Waals surface area contributed by atoms with E-state index in [0.29, 0.717) is 13.0 Å². The highest BCUT2D eigenvalue weighted by Crippen LogP contribution is 2.15. The smallest absolute Gasteiger partial charge is 0.324 e. The molecule has 2 aromatic rings. The summed E-state index contributed by atoms with van der Waals surface area (Å²) in [6.45, 7) is 0.522. The van der Waals surface area contributed by atoms with Crippen LogP contribution >= 0.6 is 11.8 Å². The molecule has 1 N–H and O–H groups in total. The minimum absolute atomic E-state index is 0.389. The van der Waals surface area contributed by atoms with E-state index in [9.17, 15) is 4.79 Å². The van der Waals surface area contributed by atoms with Crippen LogP contribution in [0.15, 0.2) is 54.6 Å². The monoisotopic (exact) mass is 319 g/mol. The minimum Gasteiger partial charge on any atom is -0.489 e. The van der Waals surface area contributed by atoms with E-state index in [1.54, 1.807) is 0 Å². The average Bonchev–Trinajstić information content (AvgIpc) is 2.59. The Hall–Kier alpha value is -2.04. The molecule has 116 valence electrons. The van der Waals surface area contributed by atoms with E-state index < -0.39 is 6.04 Å². The van der Waals surface area contributed by atoms with Crippen LogP contribution in [-0.2, 0) is 22.6 Å². The van der Waals surface area contributed by atoms with Gasteiger partial charge >= 0.3 is 5.97 Å². The summed E-state index contributed by atoms with van der Waals surface area (Å²) in [4.78, 5) is 13.9. The molecule has 0 unspecified atom stereocenters. The molecule has 4 nitrogen and oxygen atoms in total. The Morgan fingerprint density at radius 3 is 2.36 bits per heavy atom. The van der Waals surface area contributed by atoms with Crippen molar-refractivity contribution in [2.45, 2.75) is 19.1 Å². The number of ether oxygens (including phenoxy) is 2. The fourth-order valence-electron chi connectivity index (χ4n) is 2.01. The number of carbonyl (C=O) groups excluding carboxylic acids is 1. The van der Waals surface area contributed by atoms with E-state index in [-0.39, 0.29) is 5.97 Å². The zero-order valence-electron chi connectivity index (χ0n) is 12.3.